The molecular weight excluding hydrogens is 380 g/mol. The second-order valence-electron chi connectivity index (χ2n) is 7.72. The third-order valence-corrected chi connectivity index (χ3v) is 5.71. The smallest absolute Gasteiger partial charge is 0.220 e. The molecule has 0 atom stereocenters. The highest BCUT2D eigenvalue weighted by molar-refractivity contribution is 6.08. The molecule has 0 saturated heterocycles. The van der Waals surface area contributed by atoms with Gasteiger partial charge in [0, 0.05) is 34.4 Å². The Balaban J connectivity index is 1.43. The standard InChI is InChI=1S/C28H20N2O/c1-2-8-21(9-3-1)19-30-25-12-6-4-10-22(25)23-18-20(14-16-26(23)30)15-17-28-29-24-11-5-7-13-27(24)31-28/h1-18H,19H2/b17-15+. The van der Waals surface area contributed by atoms with E-state index in [2.05, 4.69) is 88.4 Å². The van der Waals surface area contributed by atoms with Gasteiger partial charge in [0.05, 0.1) is 0 Å². The van der Waals surface area contributed by atoms with Gasteiger partial charge < -0.3 is 8.98 Å². The van der Waals surface area contributed by atoms with Crippen molar-refractivity contribution in [1.29, 1.82) is 0 Å². The molecule has 6 rings (SSSR count). The summed E-state index contributed by atoms with van der Waals surface area (Å²) >= 11 is 0. The number of nitrogens with zero attached hydrogens (tertiary/aromatic N) is 2. The van der Waals surface area contributed by atoms with Gasteiger partial charge in [-0.2, -0.15) is 0 Å². The molecule has 0 N–H and O–H groups in total. The van der Waals surface area contributed by atoms with Gasteiger partial charge in [0.15, 0.2) is 5.58 Å². The summed E-state index contributed by atoms with van der Waals surface area (Å²) in [5.41, 5.74) is 6.59. The van der Waals surface area contributed by atoms with Gasteiger partial charge in [-0.15, -0.1) is 0 Å². The first-order valence-corrected chi connectivity index (χ1v) is 10.4. The number of aromatic nitrogens is 2. The van der Waals surface area contributed by atoms with E-state index in [-0.39, 0.29) is 0 Å². The Morgan fingerprint density at radius 2 is 1.48 bits per heavy atom. The number of oxazole rings is 1. The first-order chi connectivity index (χ1) is 15.3. The number of hydrogen-bond donors (Lipinski definition) is 0. The lowest BCUT2D eigenvalue weighted by molar-refractivity contribution is 0.590. The Bertz CT molecular complexity index is 1520. The van der Waals surface area contributed by atoms with Crippen LogP contribution in [0.1, 0.15) is 17.0 Å². The normalized spacial score (nSPS) is 11.9. The minimum absolute atomic E-state index is 0.618. The highest BCUT2D eigenvalue weighted by Gasteiger charge is 2.11. The fourth-order valence-electron chi connectivity index (χ4n) is 4.24. The molecule has 0 fully saturated rings. The van der Waals surface area contributed by atoms with E-state index < -0.39 is 0 Å². The Labute approximate surface area is 179 Å². The first kappa shape index (κ1) is 17.7. The van der Waals surface area contributed by atoms with E-state index in [0.29, 0.717) is 5.89 Å². The maximum Gasteiger partial charge on any atom is 0.220 e. The molecule has 3 nitrogen and oxygen atoms in total. The van der Waals surface area contributed by atoms with E-state index in [4.69, 9.17) is 4.42 Å². The molecule has 0 saturated carbocycles. The molecule has 0 radical (unpaired) electrons. The Hall–Kier alpha value is -4.11. The van der Waals surface area contributed by atoms with Gasteiger partial charge in [-0.25, -0.2) is 4.98 Å². The number of rotatable bonds is 4. The van der Waals surface area contributed by atoms with Crippen molar-refractivity contribution in [3.63, 3.8) is 0 Å². The molecule has 148 valence electrons. The van der Waals surface area contributed by atoms with Crippen LogP contribution in [0.4, 0.5) is 0 Å². The lowest BCUT2D eigenvalue weighted by Gasteiger charge is -2.08. The first-order valence-electron chi connectivity index (χ1n) is 10.4. The predicted molar refractivity (Wildman–Crippen MR) is 128 cm³/mol. The molecule has 6 aromatic rings. The SMILES string of the molecule is C(=C\c1nc2ccccc2o1)/c1ccc2c(c1)c1ccccc1n2Cc1ccccc1. The maximum atomic E-state index is 5.82. The van der Waals surface area contributed by atoms with Crippen LogP contribution in [0.5, 0.6) is 0 Å². The molecule has 2 heterocycles. The van der Waals surface area contributed by atoms with Gasteiger partial charge >= 0.3 is 0 Å². The molecular formula is C28H20N2O. The van der Waals surface area contributed by atoms with E-state index in [1.807, 2.05) is 30.3 Å². The van der Waals surface area contributed by atoms with E-state index in [1.54, 1.807) is 0 Å². The van der Waals surface area contributed by atoms with Crippen LogP contribution >= 0.6 is 0 Å². The van der Waals surface area contributed by atoms with Crippen LogP contribution in [0.25, 0.3) is 45.1 Å². The van der Waals surface area contributed by atoms with Crippen molar-refractivity contribution in [3.8, 4) is 0 Å². The van der Waals surface area contributed by atoms with Crippen LogP contribution in [-0.4, -0.2) is 9.55 Å². The van der Waals surface area contributed by atoms with E-state index in [9.17, 15) is 0 Å². The zero-order valence-corrected chi connectivity index (χ0v) is 16.9. The van der Waals surface area contributed by atoms with Gasteiger partial charge in [-0.05, 0) is 47.5 Å². The van der Waals surface area contributed by atoms with Gasteiger partial charge in [0.1, 0.15) is 5.52 Å². The fraction of sp³-hybridized carbons (Fsp3) is 0.0357. The highest BCUT2D eigenvalue weighted by atomic mass is 16.3. The molecule has 0 bridgehead atoms. The average Bonchev–Trinajstić information content (AvgIpc) is 3.38. The van der Waals surface area contributed by atoms with Crippen LogP contribution in [0.3, 0.4) is 0 Å². The minimum atomic E-state index is 0.618. The molecule has 0 aliphatic rings. The number of hydrogen-bond acceptors (Lipinski definition) is 2. The van der Waals surface area contributed by atoms with Crippen LogP contribution in [0.15, 0.2) is 101 Å². The zero-order chi connectivity index (χ0) is 20.6. The second-order valence-corrected chi connectivity index (χ2v) is 7.72. The molecule has 31 heavy (non-hydrogen) atoms. The van der Waals surface area contributed by atoms with Crippen molar-refractivity contribution >= 4 is 45.1 Å². The highest BCUT2D eigenvalue weighted by Crippen LogP contribution is 2.31. The molecule has 3 heteroatoms. The van der Waals surface area contributed by atoms with Gasteiger partial charge in [0.25, 0.3) is 0 Å². The summed E-state index contributed by atoms with van der Waals surface area (Å²) < 4.78 is 8.21. The Morgan fingerprint density at radius 1 is 0.710 bits per heavy atom. The molecule has 0 amide bonds. The number of benzene rings is 4. The minimum Gasteiger partial charge on any atom is -0.437 e. The lowest BCUT2D eigenvalue weighted by Crippen LogP contribution is -1.98. The molecule has 0 spiro atoms. The average molecular weight is 400 g/mol. The van der Waals surface area contributed by atoms with Crippen LogP contribution < -0.4 is 0 Å². The zero-order valence-electron chi connectivity index (χ0n) is 16.9. The third-order valence-electron chi connectivity index (χ3n) is 5.71. The van der Waals surface area contributed by atoms with Crippen molar-refractivity contribution in [2.45, 2.75) is 6.54 Å². The van der Waals surface area contributed by atoms with E-state index in [1.165, 1.54) is 27.4 Å². The summed E-state index contributed by atoms with van der Waals surface area (Å²) in [7, 11) is 0. The molecule has 0 unspecified atom stereocenters. The fourth-order valence-corrected chi connectivity index (χ4v) is 4.24. The quantitative estimate of drug-likeness (QED) is 0.314. The van der Waals surface area contributed by atoms with E-state index >= 15 is 0 Å². The van der Waals surface area contributed by atoms with E-state index in [0.717, 1.165) is 23.2 Å². The number of fused-ring (bicyclic) bond motifs is 4. The van der Waals surface area contributed by atoms with Gasteiger partial charge in [-0.3, -0.25) is 0 Å². The lowest BCUT2D eigenvalue weighted by atomic mass is 10.1. The van der Waals surface area contributed by atoms with Crippen LogP contribution in [0, 0.1) is 0 Å². The van der Waals surface area contributed by atoms with Gasteiger partial charge in [0.2, 0.25) is 5.89 Å². The largest absolute Gasteiger partial charge is 0.437 e. The second kappa shape index (κ2) is 7.29. The van der Waals surface area contributed by atoms with Crippen molar-refractivity contribution in [2.24, 2.45) is 0 Å². The maximum absolute atomic E-state index is 5.82. The summed E-state index contributed by atoms with van der Waals surface area (Å²) in [5, 5.41) is 2.52. The van der Waals surface area contributed by atoms with Crippen LogP contribution in [0.2, 0.25) is 0 Å². The topological polar surface area (TPSA) is 31.0 Å². The summed E-state index contributed by atoms with van der Waals surface area (Å²) in [6, 6.07) is 33.7. The summed E-state index contributed by atoms with van der Waals surface area (Å²) in [6.07, 6.45) is 4.00. The molecule has 0 aliphatic carbocycles. The van der Waals surface area contributed by atoms with Crippen molar-refractivity contribution in [1.82, 2.24) is 9.55 Å². The van der Waals surface area contributed by atoms with Gasteiger partial charge in [-0.1, -0.05) is 66.7 Å². The monoisotopic (exact) mass is 400 g/mol. The molecule has 4 aromatic carbocycles. The number of para-hydroxylation sites is 3. The molecule has 0 aliphatic heterocycles. The molecule has 2 aromatic heterocycles. The van der Waals surface area contributed by atoms with Crippen LogP contribution in [-0.2, 0) is 6.54 Å². The summed E-state index contributed by atoms with van der Waals surface area (Å²) in [5.74, 6) is 0.618. The summed E-state index contributed by atoms with van der Waals surface area (Å²) in [4.78, 5) is 4.53. The van der Waals surface area contributed by atoms with Crippen molar-refractivity contribution in [3.05, 3.63) is 114 Å². The third kappa shape index (κ3) is 3.21. The predicted octanol–water partition coefficient (Wildman–Crippen LogP) is 7.15. The Kier molecular flexibility index (Phi) is 4.17. The Morgan fingerprint density at radius 3 is 2.39 bits per heavy atom. The van der Waals surface area contributed by atoms with Crippen molar-refractivity contribution in [2.75, 3.05) is 0 Å². The van der Waals surface area contributed by atoms with Crippen molar-refractivity contribution < 1.29 is 4.42 Å². The summed E-state index contributed by atoms with van der Waals surface area (Å²) in [6.45, 7) is 0.850.